The Morgan fingerprint density at radius 1 is 0.667 bits per heavy atom. The van der Waals surface area contributed by atoms with Crippen molar-refractivity contribution in [3.8, 4) is 22.8 Å². The summed E-state index contributed by atoms with van der Waals surface area (Å²) < 4.78 is 0. The van der Waals surface area contributed by atoms with Crippen LogP contribution in [0, 0.1) is 0 Å². The first-order valence-corrected chi connectivity index (χ1v) is 10.9. The van der Waals surface area contributed by atoms with Gasteiger partial charge in [0.1, 0.15) is 5.82 Å². The van der Waals surface area contributed by atoms with Gasteiger partial charge in [0.15, 0.2) is 11.0 Å². The van der Waals surface area contributed by atoms with Crippen LogP contribution in [0.2, 0.25) is 0 Å². The number of H-pyrrole nitrogens is 3. The molecule has 0 fully saturated rings. The van der Waals surface area contributed by atoms with Crippen molar-refractivity contribution in [3.05, 3.63) is 96.1 Å². The topological polar surface area (TPSA) is 111 Å². The van der Waals surface area contributed by atoms with Crippen molar-refractivity contribution in [2.45, 2.75) is 6.42 Å². The monoisotopic (exact) mass is 431 g/mol. The summed E-state index contributed by atoms with van der Waals surface area (Å²) in [5.41, 5.74) is 21.8. The van der Waals surface area contributed by atoms with Gasteiger partial charge in [-0.2, -0.15) is 0 Å². The standard InChI is InChI=1S/C27H22N6/c28-20-7-3-18(4-8-20)26-30-22-11-1-16(14-24(22)32-26)13-17-2-12-23-25(15-17)33-27(31-23)19-5-9-21(29)10-6-19/h1-12,14-15H,13,28-29H2,(H,30,32)(H,31,33)/p+1. The molecule has 0 radical (unpaired) electrons. The number of aromatic nitrogens is 4. The average Bonchev–Trinajstić information content (AvgIpc) is 3.44. The lowest BCUT2D eigenvalue weighted by Gasteiger charge is -2.01. The molecule has 33 heavy (non-hydrogen) atoms. The zero-order chi connectivity index (χ0) is 22.4. The lowest BCUT2D eigenvalue weighted by atomic mass is 10.0. The van der Waals surface area contributed by atoms with Crippen LogP contribution < -0.4 is 16.5 Å². The molecule has 0 atom stereocenters. The Hall–Kier alpha value is -4.58. The molecule has 4 aromatic carbocycles. The van der Waals surface area contributed by atoms with Gasteiger partial charge in [0.05, 0.1) is 16.6 Å². The second-order valence-corrected chi connectivity index (χ2v) is 8.36. The highest BCUT2D eigenvalue weighted by molar-refractivity contribution is 5.80. The molecule has 160 valence electrons. The van der Waals surface area contributed by atoms with E-state index in [4.69, 9.17) is 16.5 Å². The first-order valence-electron chi connectivity index (χ1n) is 10.9. The van der Waals surface area contributed by atoms with Crippen LogP contribution >= 0.6 is 0 Å². The highest BCUT2D eigenvalue weighted by Gasteiger charge is 2.13. The molecule has 6 nitrogen and oxygen atoms in total. The number of nitrogens with one attached hydrogen (secondary N) is 3. The minimum Gasteiger partial charge on any atom is -0.399 e. The first-order chi connectivity index (χ1) is 16.1. The van der Waals surface area contributed by atoms with E-state index in [0.717, 1.165) is 62.6 Å². The number of nitrogens with zero attached hydrogens (tertiary/aromatic N) is 1. The molecule has 6 rings (SSSR count). The molecule has 0 aliphatic carbocycles. The van der Waals surface area contributed by atoms with Gasteiger partial charge in [-0.1, -0.05) is 12.1 Å². The molecule has 0 saturated heterocycles. The summed E-state index contributed by atoms with van der Waals surface area (Å²) in [6.07, 6.45) is 0.832. The van der Waals surface area contributed by atoms with E-state index in [1.165, 1.54) is 11.1 Å². The zero-order valence-corrected chi connectivity index (χ0v) is 17.9. The van der Waals surface area contributed by atoms with Crippen LogP contribution in [0.15, 0.2) is 84.9 Å². The molecule has 6 aromatic rings. The van der Waals surface area contributed by atoms with Crippen molar-refractivity contribution < 1.29 is 4.98 Å². The van der Waals surface area contributed by atoms with Crippen molar-refractivity contribution in [1.29, 1.82) is 0 Å². The average molecular weight is 432 g/mol. The van der Waals surface area contributed by atoms with Gasteiger partial charge in [0.25, 0.3) is 5.82 Å². The minimum atomic E-state index is 0.745. The molecule has 0 aliphatic rings. The maximum atomic E-state index is 5.81. The smallest absolute Gasteiger partial charge is 0.285 e. The third-order valence-electron chi connectivity index (χ3n) is 5.94. The molecular formula is C27H23N6+. The van der Waals surface area contributed by atoms with Gasteiger partial charge in [0.2, 0.25) is 0 Å². The summed E-state index contributed by atoms with van der Waals surface area (Å²) >= 11 is 0. The second-order valence-electron chi connectivity index (χ2n) is 8.36. The van der Waals surface area contributed by atoms with Crippen molar-refractivity contribution >= 4 is 33.4 Å². The number of rotatable bonds is 4. The fourth-order valence-electron chi connectivity index (χ4n) is 4.19. The minimum absolute atomic E-state index is 0.745. The summed E-state index contributed by atoms with van der Waals surface area (Å²) in [6.45, 7) is 0. The van der Waals surface area contributed by atoms with Gasteiger partial charge in [0, 0.05) is 16.9 Å². The predicted molar refractivity (Wildman–Crippen MR) is 133 cm³/mol. The fourth-order valence-corrected chi connectivity index (χ4v) is 4.19. The fraction of sp³-hybridized carbons (Fsp3) is 0.0370. The third kappa shape index (κ3) is 3.68. The molecule has 2 aromatic heterocycles. The van der Waals surface area contributed by atoms with Gasteiger partial charge in [-0.3, -0.25) is 0 Å². The zero-order valence-electron chi connectivity index (χ0n) is 17.9. The van der Waals surface area contributed by atoms with E-state index in [-0.39, 0.29) is 0 Å². The number of benzene rings is 4. The van der Waals surface area contributed by atoms with E-state index < -0.39 is 0 Å². The van der Waals surface area contributed by atoms with Gasteiger partial charge in [-0.25, -0.2) is 15.0 Å². The number of nitrogen functional groups attached to an aromatic ring is 2. The summed E-state index contributed by atoms with van der Waals surface area (Å²) in [5, 5.41) is 0. The number of nitrogens with two attached hydrogens (primary N) is 2. The van der Waals surface area contributed by atoms with Crippen LogP contribution in [0.5, 0.6) is 0 Å². The maximum Gasteiger partial charge on any atom is 0.285 e. The number of hydrogen-bond acceptors (Lipinski definition) is 3. The van der Waals surface area contributed by atoms with Gasteiger partial charge < -0.3 is 16.5 Å². The van der Waals surface area contributed by atoms with Crippen LogP contribution in [0.25, 0.3) is 44.8 Å². The number of aromatic amines is 3. The van der Waals surface area contributed by atoms with Crippen LogP contribution in [0.3, 0.4) is 0 Å². The van der Waals surface area contributed by atoms with Crippen molar-refractivity contribution in [2.24, 2.45) is 0 Å². The molecule has 7 N–H and O–H groups in total. The summed E-state index contributed by atoms with van der Waals surface area (Å²) in [7, 11) is 0. The summed E-state index contributed by atoms with van der Waals surface area (Å²) in [4.78, 5) is 15.1. The van der Waals surface area contributed by atoms with Crippen LogP contribution in [-0.4, -0.2) is 15.0 Å². The highest BCUT2D eigenvalue weighted by Crippen LogP contribution is 2.24. The Kier molecular flexibility index (Phi) is 4.36. The Labute approximate surface area is 190 Å². The van der Waals surface area contributed by atoms with Gasteiger partial charge in [-0.15, -0.1) is 0 Å². The van der Waals surface area contributed by atoms with Crippen molar-refractivity contribution in [3.63, 3.8) is 0 Å². The van der Waals surface area contributed by atoms with Gasteiger partial charge >= 0.3 is 0 Å². The largest absolute Gasteiger partial charge is 0.399 e. The van der Waals surface area contributed by atoms with Crippen LogP contribution in [0.1, 0.15) is 11.1 Å². The molecule has 2 heterocycles. The van der Waals surface area contributed by atoms with Crippen LogP contribution in [-0.2, 0) is 6.42 Å². The normalized spacial score (nSPS) is 11.4. The Bertz CT molecular complexity index is 1470. The molecule has 6 heteroatoms. The Morgan fingerprint density at radius 2 is 1.30 bits per heavy atom. The molecular weight excluding hydrogens is 408 g/mol. The highest BCUT2D eigenvalue weighted by atomic mass is 14.9. The van der Waals surface area contributed by atoms with Crippen molar-refractivity contribution in [2.75, 3.05) is 11.5 Å². The molecule has 0 saturated carbocycles. The first kappa shape index (κ1) is 19.1. The van der Waals surface area contributed by atoms with Gasteiger partial charge in [-0.05, 0) is 90.3 Å². The van der Waals surface area contributed by atoms with E-state index in [0.29, 0.717) is 0 Å². The maximum absolute atomic E-state index is 5.81. The van der Waals surface area contributed by atoms with E-state index in [9.17, 15) is 0 Å². The van der Waals surface area contributed by atoms with Crippen molar-refractivity contribution in [1.82, 2.24) is 15.0 Å². The molecule has 0 amide bonds. The third-order valence-corrected chi connectivity index (χ3v) is 5.94. The predicted octanol–water partition coefficient (Wildman–Crippen LogP) is 4.95. The molecule has 0 bridgehead atoms. The Balaban J connectivity index is 1.28. The lowest BCUT2D eigenvalue weighted by molar-refractivity contribution is -0.330. The van der Waals surface area contributed by atoms with E-state index in [1.807, 2.05) is 48.5 Å². The van der Waals surface area contributed by atoms with Crippen LogP contribution in [0.4, 0.5) is 11.4 Å². The Morgan fingerprint density at radius 3 is 2.03 bits per heavy atom. The second kappa shape index (κ2) is 7.53. The number of fused-ring (bicyclic) bond motifs is 2. The van der Waals surface area contributed by atoms with E-state index in [2.05, 4.69) is 51.4 Å². The molecule has 0 spiro atoms. The molecule has 0 aliphatic heterocycles. The summed E-state index contributed by atoms with van der Waals surface area (Å²) in [6, 6.07) is 28.4. The number of hydrogen-bond donors (Lipinski definition) is 4. The van der Waals surface area contributed by atoms with E-state index in [1.54, 1.807) is 0 Å². The SMILES string of the molecule is Nc1ccc(-c2nc3ccc(Cc4ccc5[nH+]c(-c6ccc(N)cc6)[nH]c5c4)cc3[nH]2)cc1. The van der Waals surface area contributed by atoms with E-state index >= 15 is 0 Å². The lowest BCUT2D eigenvalue weighted by Crippen LogP contribution is -2.02. The number of anilines is 2. The molecule has 0 unspecified atom stereocenters. The quantitative estimate of drug-likeness (QED) is 0.296. The summed E-state index contributed by atoms with van der Waals surface area (Å²) in [5.74, 6) is 1.82. The number of imidazole rings is 2.